The van der Waals surface area contributed by atoms with Crippen molar-refractivity contribution in [1.82, 2.24) is 0 Å². The summed E-state index contributed by atoms with van der Waals surface area (Å²) in [6.07, 6.45) is -0.314. The zero-order valence-electron chi connectivity index (χ0n) is 23.8. The van der Waals surface area contributed by atoms with Crippen LogP contribution < -0.4 is 0 Å². The van der Waals surface area contributed by atoms with Crippen LogP contribution in [-0.2, 0) is 18.9 Å². The smallest absolute Gasteiger partial charge is 0.338 e. The molecule has 8 nitrogen and oxygen atoms in total. The first kappa shape index (κ1) is 36.3. The predicted octanol–water partition coefficient (Wildman–Crippen LogP) is 6.86. The van der Waals surface area contributed by atoms with Gasteiger partial charge in [0.2, 0.25) is 0 Å². The molecule has 0 spiro atoms. The number of ketones is 2. The summed E-state index contributed by atoms with van der Waals surface area (Å²) in [4.78, 5) is 51.0. The van der Waals surface area contributed by atoms with Crippen molar-refractivity contribution in [1.29, 1.82) is 0 Å². The van der Waals surface area contributed by atoms with Crippen LogP contribution in [0.4, 0.5) is 0 Å². The molecule has 1 atom stereocenters. The number of ether oxygens (including phenoxy) is 4. The van der Waals surface area contributed by atoms with Crippen molar-refractivity contribution in [2.24, 2.45) is 0 Å². The minimum absolute atomic E-state index is 0. The van der Waals surface area contributed by atoms with Crippen molar-refractivity contribution < 1.29 is 38.1 Å². The van der Waals surface area contributed by atoms with Gasteiger partial charge in [-0.3, -0.25) is 9.59 Å². The molecule has 236 valence electrons. The van der Waals surface area contributed by atoms with Crippen molar-refractivity contribution in [3.8, 4) is 0 Å². The van der Waals surface area contributed by atoms with Crippen LogP contribution in [0.25, 0.3) is 0 Å². The lowest BCUT2D eigenvalue weighted by Gasteiger charge is -2.14. The largest absolute Gasteiger partial charge is 0.460 e. The Balaban J connectivity index is 0.00000353. The van der Waals surface area contributed by atoms with Crippen LogP contribution >= 0.6 is 0 Å². The molecule has 1 unspecified atom stereocenters. The number of esters is 2. The van der Waals surface area contributed by atoms with Gasteiger partial charge in [0.1, 0.15) is 13.2 Å². The summed E-state index contributed by atoms with van der Waals surface area (Å²) in [6, 6.07) is 30.5. The van der Waals surface area contributed by atoms with Crippen LogP contribution in [0.15, 0.2) is 109 Å². The zero-order chi connectivity index (χ0) is 30.4. The quantitative estimate of drug-likeness (QED) is 0.0815. The molecular formula is C37H40O8. The maximum Gasteiger partial charge on any atom is 0.338 e. The molecule has 4 aromatic rings. The molecule has 8 heteroatoms. The number of carbonyl (C=O) groups excluding carboxylic acids is 4. The Morgan fingerprint density at radius 1 is 0.511 bits per heavy atom. The fourth-order valence-corrected chi connectivity index (χ4v) is 4.24. The minimum atomic E-state index is -0.610. The van der Waals surface area contributed by atoms with E-state index in [4.69, 9.17) is 18.9 Å². The minimum Gasteiger partial charge on any atom is -0.460 e. The second-order valence-electron chi connectivity index (χ2n) is 9.51. The summed E-state index contributed by atoms with van der Waals surface area (Å²) in [5, 5.41) is 0. The summed E-state index contributed by atoms with van der Waals surface area (Å²) in [5.74, 6) is -1.74. The molecule has 0 aliphatic carbocycles. The van der Waals surface area contributed by atoms with Crippen molar-refractivity contribution in [3.05, 3.63) is 143 Å². The van der Waals surface area contributed by atoms with Gasteiger partial charge in [-0.15, -0.1) is 0 Å². The first-order chi connectivity index (χ1) is 21.0. The molecule has 0 fully saturated rings. The third-order valence-electron chi connectivity index (χ3n) is 6.39. The Morgan fingerprint density at radius 3 is 1.33 bits per heavy atom. The fraction of sp³-hybridized carbons (Fsp3) is 0.243. The van der Waals surface area contributed by atoms with Crippen LogP contribution in [0.3, 0.4) is 0 Å². The number of carbonyl (C=O) groups is 4. The van der Waals surface area contributed by atoms with E-state index in [0.29, 0.717) is 11.1 Å². The molecule has 0 aliphatic rings. The maximum absolute atomic E-state index is 12.9. The normalized spacial score (nSPS) is 10.9. The highest BCUT2D eigenvalue weighted by atomic mass is 16.6. The molecule has 0 aromatic heterocycles. The molecule has 0 radical (unpaired) electrons. The van der Waals surface area contributed by atoms with Gasteiger partial charge < -0.3 is 18.9 Å². The van der Waals surface area contributed by atoms with Gasteiger partial charge in [0.15, 0.2) is 11.6 Å². The molecule has 0 amide bonds. The predicted molar refractivity (Wildman–Crippen MR) is 173 cm³/mol. The first-order valence-electron chi connectivity index (χ1n) is 13.9. The Morgan fingerprint density at radius 2 is 0.889 bits per heavy atom. The molecule has 45 heavy (non-hydrogen) atoms. The molecule has 4 aromatic carbocycles. The lowest BCUT2D eigenvalue weighted by atomic mass is 9.98. The average Bonchev–Trinajstić information content (AvgIpc) is 3.06. The van der Waals surface area contributed by atoms with Gasteiger partial charge in [-0.1, -0.05) is 112 Å². The van der Waals surface area contributed by atoms with Gasteiger partial charge in [0, 0.05) is 22.3 Å². The van der Waals surface area contributed by atoms with E-state index in [1.54, 1.807) is 104 Å². The van der Waals surface area contributed by atoms with Crippen molar-refractivity contribution >= 4 is 23.5 Å². The van der Waals surface area contributed by atoms with Crippen LogP contribution in [0.5, 0.6) is 0 Å². The Kier molecular flexibility index (Phi) is 15.1. The molecule has 0 saturated heterocycles. The molecule has 4 rings (SSSR count). The van der Waals surface area contributed by atoms with Crippen molar-refractivity contribution in [2.75, 3.05) is 33.0 Å². The van der Waals surface area contributed by atoms with E-state index in [1.807, 2.05) is 12.1 Å². The van der Waals surface area contributed by atoms with Gasteiger partial charge in [-0.2, -0.15) is 0 Å². The number of hydrogen-bond acceptors (Lipinski definition) is 8. The summed E-state index contributed by atoms with van der Waals surface area (Å²) < 4.78 is 21.8. The SMILES string of the molecule is C.C.CC(COCCOC(=O)c1ccccc1C(=O)c1ccccc1)OCCOC(=O)c1ccccc1C(=O)c1ccccc1. The van der Waals surface area contributed by atoms with E-state index < -0.39 is 11.9 Å². The lowest BCUT2D eigenvalue weighted by molar-refractivity contribution is -0.0324. The third-order valence-corrected chi connectivity index (χ3v) is 6.39. The highest BCUT2D eigenvalue weighted by molar-refractivity contribution is 6.15. The number of rotatable bonds is 15. The fourth-order valence-electron chi connectivity index (χ4n) is 4.24. The van der Waals surface area contributed by atoms with Gasteiger partial charge in [-0.05, 0) is 19.1 Å². The summed E-state index contributed by atoms with van der Waals surface area (Å²) in [7, 11) is 0. The molecule has 0 saturated carbocycles. The second kappa shape index (κ2) is 18.7. The third kappa shape index (κ3) is 10.3. The Hall–Kier alpha value is -4.92. The molecule has 0 bridgehead atoms. The van der Waals surface area contributed by atoms with E-state index >= 15 is 0 Å². The van der Waals surface area contributed by atoms with Gasteiger partial charge >= 0.3 is 11.9 Å². The van der Waals surface area contributed by atoms with E-state index in [0.717, 1.165) is 0 Å². The molecule has 0 N–H and O–H groups in total. The maximum atomic E-state index is 12.9. The average molecular weight is 613 g/mol. The van der Waals surface area contributed by atoms with Gasteiger partial charge in [-0.25, -0.2) is 9.59 Å². The van der Waals surface area contributed by atoms with Crippen LogP contribution in [0, 0.1) is 0 Å². The monoisotopic (exact) mass is 612 g/mol. The van der Waals surface area contributed by atoms with E-state index in [1.165, 1.54) is 0 Å². The molecular weight excluding hydrogens is 572 g/mol. The molecule has 0 aliphatic heterocycles. The standard InChI is InChI=1S/C35H32O8.2CH4/c1-25(41-22-23-43-35(39)31-19-11-9-17-29(31)33(37)27-14-6-3-7-15-27)24-40-20-21-42-34(38)30-18-10-8-16-28(30)32(36)26-12-4-2-5-13-26;;/h2-19,25H,20-24H2,1H3;2*1H4. The van der Waals surface area contributed by atoms with Crippen LogP contribution in [0.2, 0.25) is 0 Å². The van der Waals surface area contributed by atoms with E-state index in [9.17, 15) is 19.2 Å². The lowest BCUT2D eigenvalue weighted by Crippen LogP contribution is -2.22. The van der Waals surface area contributed by atoms with Crippen LogP contribution in [-0.4, -0.2) is 62.6 Å². The van der Waals surface area contributed by atoms with Gasteiger partial charge in [0.25, 0.3) is 0 Å². The van der Waals surface area contributed by atoms with Gasteiger partial charge in [0.05, 0.1) is 37.1 Å². The summed E-state index contributed by atoms with van der Waals surface area (Å²) in [5.41, 5.74) is 1.89. The Labute approximate surface area is 264 Å². The summed E-state index contributed by atoms with van der Waals surface area (Å²) >= 11 is 0. The number of benzene rings is 4. The van der Waals surface area contributed by atoms with Crippen molar-refractivity contribution in [3.63, 3.8) is 0 Å². The van der Waals surface area contributed by atoms with Crippen molar-refractivity contribution in [2.45, 2.75) is 27.9 Å². The summed E-state index contributed by atoms with van der Waals surface area (Å²) in [6.45, 7) is 2.28. The highest BCUT2D eigenvalue weighted by Crippen LogP contribution is 2.17. The second-order valence-corrected chi connectivity index (χ2v) is 9.51. The Bertz CT molecular complexity index is 1530. The number of hydrogen-bond donors (Lipinski definition) is 0. The molecule has 0 heterocycles. The van der Waals surface area contributed by atoms with Crippen LogP contribution in [0.1, 0.15) is 74.3 Å². The topological polar surface area (TPSA) is 105 Å². The zero-order valence-corrected chi connectivity index (χ0v) is 23.8. The first-order valence-corrected chi connectivity index (χ1v) is 13.9. The van der Waals surface area contributed by atoms with E-state index in [-0.39, 0.29) is 87.8 Å². The van der Waals surface area contributed by atoms with E-state index in [2.05, 4.69) is 0 Å². The highest BCUT2D eigenvalue weighted by Gasteiger charge is 2.20.